The molecule has 2 aromatic carbocycles. The number of para-hydroxylation sites is 1. The van der Waals surface area contributed by atoms with Gasteiger partial charge in [0.25, 0.3) is 5.91 Å². The summed E-state index contributed by atoms with van der Waals surface area (Å²) >= 11 is 0. The first-order valence-electron chi connectivity index (χ1n) is 9.31. The van der Waals surface area contributed by atoms with Crippen LogP contribution in [-0.2, 0) is 0 Å². The molecule has 2 N–H and O–H groups in total. The molecule has 1 aliphatic rings. The van der Waals surface area contributed by atoms with Crippen LogP contribution in [-0.4, -0.2) is 52.7 Å². The van der Waals surface area contributed by atoms with E-state index in [-0.39, 0.29) is 36.8 Å². The third-order valence-electron chi connectivity index (χ3n) is 4.97. The second-order valence-corrected chi connectivity index (χ2v) is 6.79. The number of hydrogen-bond donors (Lipinski definition) is 2. The molecule has 0 bridgehead atoms. The molecule has 1 amide bonds. The number of nitrogens with one attached hydrogen (secondary N) is 2. The van der Waals surface area contributed by atoms with Crippen molar-refractivity contribution in [3.05, 3.63) is 65.5 Å². The molecule has 1 aromatic heterocycles. The first-order chi connectivity index (χ1) is 13.7. The number of carbonyl (C=O) groups excluding carboxylic acids is 1. The van der Waals surface area contributed by atoms with E-state index < -0.39 is 0 Å². The number of rotatable bonds is 4. The van der Waals surface area contributed by atoms with Crippen molar-refractivity contribution < 1.29 is 9.53 Å². The number of amides is 1. The molecule has 7 nitrogen and oxygen atoms in total. The first kappa shape index (κ1) is 23.7. The van der Waals surface area contributed by atoms with Gasteiger partial charge >= 0.3 is 0 Å². The number of hydrogen-bond acceptors (Lipinski definition) is 5. The highest BCUT2D eigenvalue weighted by molar-refractivity contribution is 5.95. The van der Waals surface area contributed by atoms with Crippen molar-refractivity contribution in [1.82, 2.24) is 25.4 Å². The molecule has 2 heterocycles. The first-order valence-corrected chi connectivity index (χ1v) is 9.31. The fourth-order valence-corrected chi connectivity index (χ4v) is 3.60. The van der Waals surface area contributed by atoms with E-state index in [0.717, 1.165) is 29.2 Å². The van der Waals surface area contributed by atoms with Gasteiger partial charge in [0.05, 0.1) is 13.2 Å². The summed E-state index contributed by atoms with van der Waals surface area (Å²) in [5.74, 6) is 2.12. The maximum absolute atomic E-state index is 13.4. The second kappa shape index (κ2) is 10.4. The molecule has 4 rings (SSSR count). The Morgan fingerprint density at radius 2 is 1.97 bits per heavy atom. The van der Waals surface area contributed by atoms with Crippen LogP contribution in [0.25, 0.3) is 11.4 Å². The highest BCUT2D eigenvalue weighted by atomic mass is 35.5. The number of aromatic nitrogens is 3. The summed E-state index contributed by atoms with van der Waals surface area (Å²) in [5.41, 5.74) is 2.45. The topological polar surface area (TPSA) is 83.1 Å². The van der Waals surface area contributed by atoms with E-state index >= 15 is 0 Å². The highest BCUT2D eigenvalue weighted by Gasteiger charge is 2.30. The van der Waals surface area contributed by atoms with Crippen LogP contribution in [0.4, 0.5) is 0 Å². The highest BCUT2D eigenvalue weighted by Crippen LogP contribution is 2.31. The van der Waals surface area contributed by atoms with Gasteiger partial charge in [0.15, 0.2) is 5.82 Å². The smallest absolute Gasteiger partial charge is 0.254 e. The van der Waals surface area contributed by atoms with E-state index in [2.05, 4.69) is 20.5 Å². The Bertz CT molecular complexity index is 995. The van der Waals surface area contributed by atoms with Crippen molar-refractivity contribution in [3.8, 4) is 17.1 Å². The molecule has 0 radical (unpaired) electrons. The third kappa shape index (κ3) is 4.75. The molecular formula is C21H25Cl2N5O2. The lowest BCUT2D eigenvalue weighted by Gasteiger charge is -2.37. The normalized spacial score (nSPS) is 15.7. The van der Waals surface area contributed by atoms with Crippen molar-refractivity contribution in [3.63, 3.8) is 0 Å². The van der Waals surface area contributed by atoms with Crippen LogP contribution >= 0.6 is 24.8 Å². The summed E-state index contributed by atoms with van der Waals surface area (Å²) in [7, 11) is 1.66. The molecule has 1 fully saturated rings. The van der Waals surface area contributed by atoms with E-state index in [1.165, 1.54) is 0 Å². The molecule has 30 heavy (non-hydrogen) atoms. The maximum atomic E-state index is 13.4. The van der Waals surface area contributed by atoms with Gasteiger partial charge in [0.1, 0.15) is 11.6 Å². The Labute approximate surface area is 188 Å². The number of nitrogens with zero attached hydrogens (tertiary/aromatic N) is 3. The van der Waals surface area contributed by atoms with Crippen LogP contribution in [0, 0.1) is 6.92 Å². The fourth-order valence-electron chi connectivity index (χ4n) is 3.60. The Balaban J connectivity index is 0.00000160. The minimum Gasteiger partial charge on any atom is -0.496 e. The van der Waals surface area contributed by atoms with Gasteiger partial charge in [-0.2, -0.15) is 5.10 Å². The summed E-state index contributed by atoms with van der Waals surface area (Å²) in [6.45, 7) is 3.93. The summed E-state index contributed by atoms with van der Waals surface area (Å²) < 4.78 is 5.53. The van der Waals surface area contributed by atoms with Gasteiger partial charge in [0.2, 0.25) is 0 Å². The molecule has 1 aliphatic heterocycles. The SMILES string of the molecule is COc1ccccc1C1CNCCN1C(=O)c1cccc(-c2n[nH]c(C)n2)c1.Cl.Cl. The maximum Gasteiger partial charge on any atom is 0.254 e. The van der Waals surface area contributed by atoms with Crippen LogP contribution in [0.2, 0.25) is 0 Å². The van der Waals surface area contributed by atoms with Crippen molar-refractivity contribution in [2.24, 2.45) is 0 Å². The molecule has 1 saturated heterocycles. The van der Waals surface area contributed by atoms with Gasteiger partial charge in [-0.15, -0.1) is 24.8 Å². The number of piperazine rings is 1. The quantitative estimate of drug-likeness (QED) is 0.637. The standard InChI is InChI=1S/C21H23N5O2.2ClH/c1-14-23-20(25-24-14)15-6-5-7-16(12-15)21(27)26-11-10-22-13-18(26)17-8-3-4-9-19(17)28-2;;/h3-9,12,18,22H,10-11,13H2,1-2H3,(H,23,24,25);2*1H. The lowest BCUT2D eigenvalue weighted by Crippen LogP contribution is -2.48. The van der Waals surface area contributed by atoms with E-state index in [1.54, 1.807) is 7.11 Å². The van der Waals surface area contributed by atoms with Crippen molar-refractivity contribution >= 4 is 30.7 Å². The van der Waals surface area contributed by atoms with Crippen LogP contribution in [0.3, 0.4) is 0 Å². The zero-order chi connectivity index (χ0) is 19.5. The zero-order valence-corrected chi connectivity index (χ0v) is 18.4. The zero-order valence-electron chi connectivity index (χ0n) is 16.8. The fraction of sp³-hybridized carbons (Fsp3) is 0.286. The Hall–Kier alpha value is -2.61. The molecule has 0 aliphatic carbocycles. The van der Waals surface area contributed by atoms with Gasteiger partial charge < -0.3 is 15.0 Å². The van der Waals surface area contributed by atoms with E-state index in [9.17, 15) is 4.79 Å². The third-order valence-corrected chi connectivity index (χ3v) is 4.97. The molecule has 0 saturated carbocycles. The number of halogens is 2. The molecule has 9 heteroatoms. The van der Waals surface area contributed by atoms with Crippen LogP contribution in [0.1, 0.15) is 27.8 Å². The van der Waals surface area contributed by atoms with Crippen molar-refractivity contribution in [1.29, 1.82) is 0 Å². The summed E-state index contributed by atoms with van der Waals surface area (Å²) in [5, 5.41) is 10.4. The second-order valence-electron chi connectivity index (χ2n) is 6.79. The molecule has 3 aromatic rings. The van der Waals surface area contributed by atoms with Gasteiger partial charge in [-0.3, -0.25) is 9.89 Å². The predicted octanol–water partition coefficient (Wildman–Crippen LogP) is 3.42. The monoisotopic (exact) mass is 449 g/mol. The molecular weight excluding hydrogens is 425 g/mol. The van der Waals surface area contributed by atoms with Crippen LogP contribution in [0.15, 0.2) is 48.5 Å². The molecule has 1 atom stereocenters. The Kier molecular flexibility index (Phi) is 8.23. The largest absolute Gasteiger partial charge is 0.496 e. The number of benzene rings is 2. The number of aromatic amines is 1. The van der Waals surface area contributed by atoms with Gasteiger partial charge in [-0.1, -0.05) is 30.3 Å². The summed E-state index contributed by atoms with van der Waals surface area (Å²) in [6, 6.07) is 15.2. The van der Waals surface area contributed by atoms with Crippen LogP contribution in [0.5, 0.6) is 5.75 Å². The minimum atomic E-state index is -0.0909. The predicted molar refractivity (Wildman–Crippen MR) is 121 cm³/mol. The number of aryl methyl sites for hydroxylation is 1. The minimum absolute atomic E-state index is 0. The van der Waals surface area contributed by atoms with Crippen LogP contribution < -0.4 is 10.1 Å². The van der Waals surface area contributed by atoms with Gasteiger partial charge in [-0.05, 0) is 25.1 Å². The molecule has 0 spiro atoms. The van der Waals surface area contributed by atoms with E-state index in [1.807, 2.05) is 60.4 Å². The molecule has 1 unspecified atom stereocenters. The van der Waals surface area contributed by atoms with E-state index in [0.29, 0.717) is 24.5 Å². The summed E-state index contributed by atoms with van der Waals surface area (Å²) in [6.07, 6.45) is 0. The number of H-pyrrole nitrogens is 1. The average molecular weight is 450 g/mol. The van der Waals surface area contributed by atoms with Gasteiger partial charge in [0, 0.05) is 36.3 Å². The van der Waals surface area contributed by atoms with Gasteiger partial charge in [-0.25, -0.2) is 4.98 Å². The molecule has 160 valence electrons. The number of ether oxygens (including phenoxy) is 1. The number of carbonyl (C=O) groups is 1. The van der Waals surface area contributed by atoms with E-state index in [4.69, 9.17) is 4.74 Å². The van der Waals surface area contributed by atoms with Crippen molar-refractivity contribution in [2.45, 2.75) is 13.0 Å². The lowest BCUT2D eigenvalue weighted by molar-refractivity contribution is 0.0631. The summed E-state index contributed by atoms with van der Waals surface area (Å²) in [4.78, 5) is 19.7. The number of methoxy groups -OCH3 is 1. The Morgan fingerprint density at radius 1 is 1.17 bits per heavy atom. The average Bonchev–Trinajstić information content (AvgIpc) is 3.19. The lowest BCUT2D eigenvalue weighted by atomic mass is 10.0. The van der Waals surface area contributed by atoms with Crippen molar-refractivity contribution in [2.75, 3.05) is 26.7 Å². The Morgan fingerprint density at radius 3 is 2.70 bits per heavy atom.